The van der Waals surface area contributed by atoms with Crippen molar-refractivity contribution in [3.63, 3.8) is 0 Å². The van der Waals surface area contributed by atoms with Crippen molar-refractivity contribution in [1.82, 2.24) is 0 Å². The van der Waals surface area contributed by atoms with E-state index in [2.05, 4.69) is 4.74 Å². The Kier molecular flexibility index (Phi) is 4.83. The molecule has 0 atom stereocenters. The van der Waals surface area contributed by atoms with Crippen LogP contribution in [0.4, 0.5) is 17.6 Å². The number of carbonyl (C=O) groups is 1. The van der Waals surface area contributed by atoms with Crippen LogP contribution in [0.25, 0.3) is 6.08 Å². The number of hydrogen-bond acceptors (Lipinski definition) is 2. The summed E-state index contributed by atoms with van der Waals surface area (Å²) in [6, 6.07) is 8.45. The molecule has 0 spiro atoms. The average molecular weight is 324 g/mol. The zero-order valence-electron chi connectivity index (χ0n) is 12.0. The first-order valence-corrected chi connectivity index (χ1v) is 6.54. The average Bonchev–Trinajstić information content (AvgIpc) is 2.52. The maximum Gasteiger partial charge on any atom is 0.419 e. The molecule has 0 amide bonds. The predicted octanol–water partition coefficient (Wildman–Crippen LogP) is 4.75. The first-order valence-electron chi connectivity index (χ1n) is 6.54. The van der Waals surface area contributed by atoms with E-state index in [4.69, 9.17) is 0 Å². The van der Waals surface area contributed by atoms with E-state index in [1.54, 1.807) is 0 Å². The Morgan fingerprint density at radius 3 is 2.30 bits per heavy atom. The van der Waals surface area contributed by atoms with Crippen molar-refractivity contribution in [2.45, 2.75) is 6.18 Å². The molecule has 2 aromatic rings. The van der Waals surface area contributed by atoms with E-state index in [-0.39, 0.29) is 11.3 Å². The first kappa shape index (κ1) is 16.7. The third kappa shape index (κ3) is 4.18. The summed E-state index contributed by atoms with van der Waals surface area (Å²) in [6.45, 7) is 0. The van der Waals surface area contributed by atoms with Gasteiger partial charge in [-0.05, 0) is 42.0 Å². The number of alkyl halides is 3. The maximum atomic E-state index is 12.9. The van der Waals surface area contributed by atoms with Crippen molar-refractivity contribution in [1.29, 1.82) is 0 Å². The summed E-state index contributed by atoms with van der Waals surface area (Å²) in [5, 5.41) is 0. The molecule has 0 saturated heterocycles. The second kappa shape index (κ2) is 6.64. The van der Waals surface area contributed by atoms with E-state index >= 15 is 0 Å². The molecule has 0 aliphatic rings. The molecule has 0 aromatic heterocycles. The Bertz CT molecular complexity index is 731. The Morgan fingerprint density at radius 1 is 1.09 bits per heavy atom. The molecular weight excluding hydrogens is 312 g/mol. The molecule has 0 saturated carbocycles. The van der Waals surface area contributed by atoms with Crippen LogP contribution in [0.3, 0.4) is 0 Å². The van der Waals surface area contributed by atoms with Gasteiger partial charge in [-0.3, -0.25) is 4.79 Å². The minimum Gasteiger partial charge on any atom is -0.496 e. The van der Waals surface area contributed by atoms with Gasteiger partial charge in [-0.25, -0.2) is 4.39 Å². The van der Waals surface area contributed by atoms with Gasteiger partial charge in [0.05, 0.1) is 12.7 Å². The Labute approximate surface area is 130 Å². The van der Waals surface area contributed by atoms with E-state index in [9.17, 15) is 22.4 Å². The van der Waals surface area contributed by atoms with E-state index in [0.717, 1.165) is 25.3 Å². The van der Waals surface area contributed by atoms with Gasteiger partial charge >= 0.3 is 6.18 Å². The van der Waals surface area contributed by atoms with Gasteiger partial charge in [-0.1, -0.05) is 18.2 Å². The number of rotatable bonds is 4. The van der Waals surface area contributed by atoms with Crippen molar-refractivity contribution in [2.75, 3.05) is 7.11 Å². The van der Waals surface area contributed by atoms with Crippen LogP contribution in [0.5, 0.6) is 5.75 Å². The molecule has 0 aliphatic carbocycles. The molecular formula is C17H12F4O2. The van der Waals surface area contributed by atoms with Gasteiger partial charge in [-0.2, -0.15) is 13.2 Å². The predicted molar refractivity (Wildman–Crippen MR) is 77.8 cm³/mol. The lowest BCUT2D eigenvalue weighted by molar-refractivity contribution is -0.138. The van der Waals surface area contributed by atoms with Crippen LogP contribution in [0.2, 0.25) is 0 Å². The quantitative estimate of drug-likeness (QED) is 0.461. The zero-order valence-corrected chi connectivity index (χ0v) is 12.0. The number of halogens is 4. The topological polar surface area (TPSA) is 26.3 Å². The molecule has 0 unspecified atom stereocenters. The van der Waals surface area contributed by atoms with Crippen LogP contribution in [-0.4, -0.2) is 12.9 Å². The van der Waals surface area contributed by atoms with E-state index in [1.807, 2.05) is 0 Å². The summed E-state index contributed by atoms with van der Waals surface area (Å²) in [5.74, 6) is -1.36. The second-order valence-electron chi connectivity index (χ2n) is 4.66. The van der Waals surface area contributed by atoms with Crippen LogP contribution < -0.4 is 4.74 Å². The fraction of sp³-hybridized carbons (Fsp3) is 0.118. The van der Waals surface area contributed by atoms with Crippen molar-refractivity contribution in [2.24, 2.45) is 0 Å². The number of carbonyl (C=O) groups excluding carboxylic acids is 1. The molecule has 0 N–H and O–H groups in total. The van der Waals surface area contributed by atoms with Crippen LogP contribution in [-0.2, 0) is 6.18 Å². The van der Waals surface area contributed by atoms with Crippen LogP contribution in [0, 0.1) is 5.82 Å². The van der Waals surface area contributed by atoms with Gasteiger partial charge in [0, 0.05) is 5.56 Å². The molecule has 0 heterocycles. The molecule has 6 heteroatoms. The van der Waals surface area contributed by atoms with E-state index in [1.165, 1.54) is 36.4 Å². The highest BCUT2D eigenvalue weighted by Crippen LogP contribution is 2.36. The molecule has 2 rings (SSSR count). The van der Waals surface area contributed by atoms with Gasteiger partial charge < -0.3 is 4.74 Å². The van der Waals surface area contributed by atoms with Gasteiger partial charge in [0.15, 0.2) is 5.78 Å². The summed E-state index contributed by atoms with van der Waals surface area (Å²) in [7, 11) is 1.13. The van der Waals surface area contributed by atoms with Crippen LogP contribution >= 0.6 is 0 Å². The summed E-state index contributed by atoms with van der Waals surface area (Å²) in [4.78, 5) is 12.0. The number of methoxy groups -OCH3 is 1. The Hall–Kier alpha value is -2.63. The van der Waals surface area contributed by atoms with E-state index < -0.39 is 23.3 Å². The number of hydrogen-bond donors (Lipinski definition) is 0. The Balaban J connectivity index is 2.27. The minimum absolute atomic E-state index is 0.114. The van der Waals surface area contributed by atoms with Gasteiger partial charge in [0.25, 0.3) is 0 Å². The molecule has 2 aromatic carbocycles. The van der Waals surface area contributed by atoms with E-state index in [0.29, 0.717) is 5.56 Å². The zero-order chi connectivity index (χ0) is 17.0. The molecule has 0 bridgehead atoms. The van der Waals surface area contributed by atoms with Gasteiger partial charge in [0.2, 0.25) is 0 Å². The second-order valence-corrected chi connectivity index (χ2v) is 4.66. The van der Waals surface area contributed by atoms with Crippen molar-refractivity contribution >= 4 is 11.9 Å². The fourth-order valence-electron chi connectivity index (χ4n) is 1.92. The maximum absolute atomic E-state index is 12.9. The third-order valence-electron chi connectivity index (χ3n) is 3.09. The molecule has 2 nitrogen and oxygen atoms in total. The minimum atomic E-state index is -4.62. The van der Waals surface area contributed by atoms with Crippen molar-refractivity contribution in [3.8, 4) is 5.75 Å². The monoisotopic (exact) mass is 324 g/mol. The molecule has 0 radical (unpaired) electrons. The lowest BCUT2D eigenvalue weighted by atomic mass is 10.0. The SMILES string of the molecule is COc1ccc(C(=O)/C=C/c2ccc(F)cc2)cc1C(F)(F)F. The first-order chi connectivity index (χ1) is 10.8. The summed E-state index contributed by atoms with van der Waals surface area (Å²) >= 11 is 0. The fourth-order valence-corrected chi connectivity index (χ4v) is 1.92. The summed E-state index contributed by atoms with van der Waals surface area (Å²) in [5.41, 5.74) is -0.568. The van der Waals surface area contributed by atoms with Crippen LogP contribution in [0.15, 0.2) is 48.5 Å². The lowest BCUT2D eigenvalue weighted by Gasteiger charge is -2.12. The number of allylic oxidation sites excluding steroid dienone is 1. The third-order valence-corrected chi connectivity index (χ3v) is 3.09. The molecule has 120 valence electrons. The standard InChI is InChI=1S/C17H12F4O2/c1-23-16-9-5-12(10-14(16)17(19,20)21)15(22)8-4-11-2-6-13(18)7-3-11/h2-10H,1H3/b8-4+. The summed E-state index contributed by atoms with van der Waals surface area (Å²) in [6.07, 6.45) is -2.09. The number of ketones is 1. The van der Waals surface area contributed by atoms with Crippen molar-refractivity contribution in [3.05, 3.63) is 71.0 Å². The van der Waals surface area contributed by atoms with Gasteiger partial charge in [0.1, 0.15) is 11.6 Å². The number of ether oxygens (including phenoxy) is 1. The molecule has 23 heavy (non-hydrogen) atoms. The largest absolute Gasteiger partial charge is 0.496 e. The summed E-state index contributed by atoms with van der Waals surface area (Å²) < 4.78 is 56.2. The van der Waals surface area contributed by atoms with Crippen LogP contribution in [0.1, 0.15) is 21.5 Å². The van der Waals surface area contributed by atoms with Gasteiger partial charge in [-0.15, -0.1) is 0 Å². The normalized spacial score (nSPS) is 11.7. The highest BCUT2D eigenvalue weighted by Gasteiger charge is 2.34. The highest BCUT2D eigenvalue weighted by molar-refractivity contribution is 6.07. The van der Waals surface area contributed by atoms with Crippen molar-refractivity contribution < 1.29 is 27.1 Å². The molecule has 0 fully saturated rings. The smallest absolute Gasteiger partial charge is 0.419 e. The Morgan fingerprint density at radius 2 is 1.74 bits per heavy atom. The highest BCUT2D eigenvalue weighted by atomic mass is 19.4. The molecule has 0 aliphatic heterocycles. The number of benzene rings is 2. The lowest BCUT2D eigenvalue weighted by Crippen LogP contribution is -2.09.